The van der Waals surface area contributed by atoms with Crippen LogP contribution in [0.25, 0.3) is 11.3 Å². The summed E-state index contributed by atoms with van der Waals surface area (Å²) in [5, 5.41) is 16.2. The maximum Gasteiger partial charge on any atom is 0.311 e. The monoisotopic (exact) mass is 426 g/mol. The minimum Gasteiger partial charge on any atom is -0.493 e. The van der Waals surface area contributed by atoms with Crippen molar-refractivity contribution in [1.82, 2.24) is 4.98 Å². The molecule has 0 atom stereocenters. The highest BCUT2D eigenvalue weighted by Crippen LogP contribution is 2.34. The van der Waals surface area contributed by atoms with Crippen LogP contribution in [0.3, 0.4) is 0 Å². The Morgan fingerprint density at radius 2 is 1.87 bits per heavy atom. The van der Waals surface area contributed by atoms with Gasteiger partial charge in [-0.05, 0) is 20.8 Å². The molecule has 1 heterocycles. The zero-order chi connectivity index (χ0) is 21.5. The SMILES string of the molecule is CCOc1cc(OCC)c([N+](=O)[O-])cc1/C=N\Nc1nc(-c2ccccc2)c(C)s1. The summed E-state index contributed by atoms with van der Waals surface area (Å²) in [7, 11) is 0. The van der Waals surface area contributed by atoms with Crippen LogP contribution < -0.4 is 14.9 Å². The summed E-state index contributed by atoms with van der Waals surface area (Å²) in [6.07, 6.45) is 1.48. The fourth-order valence-corrected chi connectivity index (χ4v) is 3.61. The molecule has 3 rings (SSSR count). The van der Waals surface area contributed by atoms with Gasteiger partial charge < -0.3 is 9.47 Å². The van der Waals surface area contributed by atoms with Crippen molar-refractivity contribution in [1.29, 1.82) is 0 Å². The Morgan fingerprint density at radius 3 is 2.53 bits per heavy atom. The molecule has 0 amide bonds. The Hall–Kier alpha value is -3.46. The summed E-state index contributed by atoms with van der Waals surface area (Å²) >= 11 is 1.48. The van der Waals surface area contributed by atoms with Crippen molar-refractivity contribution >= 4 is 28.4 Å². The molecule has 8 nitrogen and oxygen atoms in total. The highest BCUT2D eigenvalue weighted by atomic mass is 32.1. The van der Waals surface area contributed by atoms with Gasteiger partial charge in [-0.1, -0.05) is 30.3 Å². The molecule has 1 N–H and O–H groups in total. The first kappa shape index (κ1) is 21.3. The second-order valence-electron chi connectivity index (χ2n) is 6.14. The smallest absolute Gasteiger partial charge is 0.311 e. The highest BCUT2D eigenvalue weighted by Gasteiger charge is 2.19. The minimum absolute atomic E-state index is 0.141. The van der Waals surface area contributed by atoms with Crippen LogP contribution in [0.15, 0.2) is 47.6 Å². The molecule has 2 aromatic carbocycles. The Balaban J connectivity index is 1.85. The fourth-order valence-electron chi connectivity index (χ4n) is 2.83. The first-order valence-electron chi connectivity index (χ1n) is 9.43. The molecule has 9 heteroatoms. The number of hydrogen-bond acceptors (Lipinski definition) is 8. The van der Waals surface area contributed by atoms with Crippen molar-refractivity contribution < 1.29 is 14.4 Å². The predicted octanol–water partition coefficient (Wildman–Crippen LogP) is 5.27. The molecule has 0 saturated carbocycles. The number of nitro benzene ring substituents is 1. The maximum absolute atomic E-state index is 11.4. The van der Waals surface area contributed by atoms with Gasteiger partial charge in [0.2, 0.25) is 10.9 Å². The summed E-state index contributed by atoms with van der Waals surface area (Å²) in [6, 6.07) is 12.8. The minimum atomic E-state index is -0.484. The van der Waals surface area contributed by atoms with E-state index in [2.05, 4.69) is 15.5 Å². The lowest BCUT2D eigenvalue weighted by Gasteiger charge is -2.10. The topological polar surface area (TPSA) is 98.9 Å². The molecule has 156 valence electrons. The van der Waals surface area contributed by atoms with Gasteiger partial charge in [0.1, 0.15) is 5.75 Å². The quantitative estimate of drug-likeness (QED) is 0.284. The van der Waals surface area contributed by atoms with E-state index in [1.54, 1.807) is 6.92 Å². The first-order chi connectivity index (χ1) is 14.5. The fraction of sp³-hybridized carbons (Fsp3) is 0.238. The van der Waals surface area contributed by atoms with Gasteiger partial charge in [0, 0.05) is 28.1 Å². The van der Waals surface area contributed by atoms with E-state index in [9.17, 15) is 10.1 Å². The van der Waals surface area contributed by atoms with Crippen molar-refractivity contribution in [3.8, 4) is 22.8 Å². The number of benzene rings is 2. The highest BCUT2D eigenvalue weighted by molar-refractivity contribution is 7.15. The van der Waals surface area contributed by atoms with Crippen LogP contribution in [0.5, 0.6) is 11.5 Å². The van der Waals surface area contributed by atoms with E-state index in [-0.39, 0.29) is 11.4 Å². The number of nitro groups is 1. The third kappa shape index (κ3) is 4.93. The summed E-state index contributed by atoms with van der Waals surface area (Å²) in [5.74, 6) is 0.622. The van der Waals surface area contributed by atoms with Crippen LogP contribution in [0.4, 0.5) is 10.8 Å². The molecule has 3 aromatic rings. The number of ether oxygens (including phenoxy) is 2. The normalized spacial score (nSPS) is 10.9. The number of aryl methyl sites for hydroxylation is 1. The van der Waals surface area contributed by atoms with Crippen molar-refractivity contribution in [2.24, 2.45) is 5.10 Å². The van der Waals surface area contributed by atoms with Crippen molar-refractivity contribution in [3.05, 3.63) is 63.0 Å². The average Bonchev–Trinajstić information content (AvgIpc) is 3.10. The molecule has 0 unspecified atom stereocenters. The van der Waals surface area contributed by atoms with Gasteiger partial charge in [-0.15, -0.1) is 11.3 Å². The van der Waals surface area contributed by atoms with Gasteiger partial charge >= 0.3 is 5.69 Å². The zero-order valence-electron chi connectivity index (χ0n) is 16.9. The van der Waals surface area contributed by atoms with Gasteiger partial charge in [0.05, 0.1) is 30.0 Å². The second kappa shape index (κ2) is 9.84. The number of thiazole rings is 1. The Kier molecular flexibility index (Phi) is 6.97. The predicted molar refractivity (Wildman–Crippen MR) is 119 cm³/mol. The van der Waals surface area contributed by atoms with Crippen molar-refractivity contribution in [2.45, 2.75) is 20.8 Å². The van der Waals surface area contributed by atoms with Crippen LogP contribution in [-0.2, 0) is 0 Å². The van der Waals surface area contributed by atoms with Crippen LogP contribution in [0.1, 0.15) is 24.3 Å². The Morgan fingerprint density at radius 1 is 1.17 bits per heavy atom. The van der Waals surface area contributed by atoms with Crippen LogP contribution >= 0.6 is 11.3 Å². The van der Waals surface area contributed by atoms with Gasteiger partial charge in [0.25, 0.3) is 0 Å². The summed E-state index contributed by atoms with van der Waals surface area (Å²) < 4.78 is 11.0. The molecule has 0 saturated heterocycles. The molecule has 30 heavy (non-hydrogen) atoms. The second-order valence-corrected chi connectivity index (χ2v) is 7.34. The van der Waals surface area contributed by atoms with Crippen molar-refractivity contribution in [2.75, 3.05) is 18.6 Å². The van der Waals surface area contributed by atoms with Crippen LogP contribution in [0.2, 0.25) is 0 Å². The first-order valence-corrected chi connectivity index (χ1v) is 10.2. The molecule has 0 aliphatic carbocycles. The van der Waals surface area contributed by atoms with Gasteiger partial charge in [0.15, 0.2) is 0 Å². The van der Waals surface area contributed by atoms with E-state index >= 15 is 0 Å². The number of aromatic nitrogens is 1. The van der Waals surface area contributed by atoms with Crippen LogP contribution in [0, 0.1) is 17.0 Å². The molecule has 1 aromatic heterocycles. The standard InChI is InChI=1S/C21H22N4O4S/c1-4-28-18-12-19(29-5-2)17(25(26)27)11-16(18)13-22-24-21-23-20(14(3)30-21)15-9-7-6-8-10-15/h6-13H,4-5H2,1-3H3,(H,23,24)/b22-13-. The number of anilines is 1. The maximum atomic E-state index is 11.4. The summed E-state index contributed by atoms with van der Waals surface area (Å²) in [4.78, 5) is 16.6. The largest absolute Gasteiger partial charge is 0.493 e. The van der Waals surface area contributed by atoms with E-state index in [0.717, 1.165) is 16.1 Å². The molecule has 0 aliphatic rings. The van der Waals surface area contributed by atoms with E-state index in [4.69, 9.17) is 9.47 Å². The molecule has 0 radical (unpaired) electrons. The lowest BCUT2D eigenvalue weighted by molar-refractivity contribution is -0.385. The van der Waals surface area contributed by atoms with Crippen LogP contribution in [-0.4, -0.2) is 29.3 Å². The molecular weight excluding hydrogens is 404 g/mol. The summed E-state index contributed by atoms with van der Waals surface area (Å²) in [6.45, 7) is 6.32. The van der Waals surface area contributed by atoms with E-state index in [1.807, 2.05) is 44.2 Å². The molecule has 0 bridgehead atoms. The third-order valence-corrected chi connectivity index (χ3v) is 4.97. The number of hydrazone groups is 1. The van der Waals surface area contributed by atoms with Gasteiger partial charge in [-0.3, -0.25) is 15.5 Å². The van der Waals surface area contributed by atoms with Crippen molar-refractivity contribution in [3.63, 3.8) is 0 Å². The molecule has 0 spiro atoms. The van der Waals surface area contributed by atoms with E-state index in [0.29, 0.717) is 29.7 Å². The molecule has 0 aliphatic heterocycles. The molecular formula is C21H22N4O4S. The lowest BCUT2D eigenvalue weighted by atomic mass is 10.1. The zero-order valence-corrected chi connectivity index (χ0v) is 17.7. The molecule has 0 fully saturated rings. The Bertz CT molecular complexity index is 1050. The third-order valence-electron chi connectivity index (χ3n) is 4.10. The number of hydrogen-bond donors (Lipinski definition) is 1. The number of nitrogens with zero attached hydrogens (tertiary/aromatic N) is 3. The van der Waals surface area contributed by atoms with Gasteiger partial charge in [-0.2, -0.15) is 5.10 Å². The van der Waals surface area contributed by atoms with Gasteiger partial charge in [-0.25, -0.2) is 4.98 Å². The summed E-state index contributed by atoms with van der Waals surface area (Å²) in [5.41, 5.74) is 5.16. The lowest BCUT2D eigenvalue weighted by Crippen LogP contribution is -2.03. The van der Waals surface area contributed by atoms with E-state index in [1.165, 1.54) is 29.7 Å². The average molecular weight is 426 g/mol. The number of rotatable bonds is 9. The Labute approximate surface area is 178 Å². The van der Waals surface area contributed by atoms with E-state index < -0.39 is 4.92 Å². The number of nitrogens with one attached hydrogen (secondary N) is 1.